The Labute approximate surface area is 75.9 Å². The van der Waals surface area contributed by atoms with Gasteiger partial charge in [0.2, 0.25) is 0 Å². The SMILES string of the molecule is C=C/C(NC)=C(\C=C/CC)CC. The Morgan fingerprint density at radius 1 is 1.42 bits per heavy atom. The van der Waals surface area contributed by atoms with Crippen LogP contribution in [-0.4, -0.2) is 7.05 Å². The highest BCUT2D eigenvalue weighted by Crippen LogP contribution is 2.08. The van der Waals surface area contributed by atoms with Gasteiger partial charge >= 0.3 is 0 Å². The van der Waals surface area contributed by atoms with Crippen molar-refractivity contribution in [3.05, 3.63) is 36.1 Å². The molecule has 1 nitrogen and oxygen atoms in total. The molecule has 0 aromatic rings. The molecule has 0 atom stereocenters. The van der Waals surface area contributed by atoms with Crippen LogP contribution >= 0.6 is 0 Å². The van der Waals surface area contributed by atoms with Gasteiger partial charge in [0.1, 0.15) is 0 Å². The molecule has 1 N–H and O–H groups in total. The number of hydrogen-bond donors (Lipinski definition) is 1. The maximum absolute atomic E-state index is 3.75. The molecule has 0 saturated carbocycles. The van der Waals surface area contributed by atoms with Crippen molar-refractivity contribution in [2.45, 2.75) is 26.7 Å². The van der Waals surface area contributed by atoms with E-state index >= 15 is 0 Å². The van der Waals surface area contributed by atoms with E-state index in [1.54, 1.807) is 0 Å². The normalized spacial score (nSPS) is 12.9. The van der Waals surface area contributed by atoms with Gasteiger partial charge in [-0.15, -0.1) is 0 Å². The van der Waals surface area contributed by atoms with E-state index in [4.69, 9.17) is 0 Å². The summed E-state index contributed by atoms with van der Waals surface area (Å²) in [5.41, 5.74) is 2.44. The zero-order valence-electron chi connectivity index (χ0n) is 8.35. The van der Waals surface area contributed by atoms with Gasteiger partial charge < -0.3 is 5.32 Å². The number of allylic oxidation sites excluding steroid dienone is 4. The quantitative estimate of drug-likeness (QED) is 0.617. The molecule has 0 rings (SSSR count). The van der Waals surface area contributed by atoms with E-state index in [1.807, 2.05) is 13.1 Å². The van der Waals surface area contributed by atoms with Gasteiger partial charge in [0.05, 0.1) is 0 Å². The second-order valence-electron chi connectivity index (χ2n) is 2.56. The number of hydrogen-bond acceptors (Lipinski definition) is 1. The van der Waals surface area contributed by atoms with Crippen LogP contribution in [0.3, 0.4) is 0 Å². The Hall–Kier alpha value is -0.980. The maximum Gasteiger partial charge on any atom is 0.0363 e. The number of rotatable bonds is 5. The van der Waals surface area contributed by atoms with Crippen LogP contribution in [-0.2, 0) is 0 Å². The topological polar surface area (TPSA) is 12.0 Å². The lowest BCUT2D eigenvalue weighted by atomic mass is 10.1. The second kappa shape index (κ2) is 6.71. The van der Waals surface area contributed by atoms with Crippen molar-refractivity contribution >= 4 is 0 Å². The van der Waals surface area contributed by atoms with Crippen molar-refractivity contribution in [2.75, 3.05) is 7.05 Å². The summed E-state index contributed by atoms with van der Waals surface area (Å²) >= 11 is 0. The van der Waals surface area contributed by atoms with Crippen molar-refractivity contribution < 1.29 is 0 Å². The van der Waals surface area contributed by atoms with Crippen LogP contribution in [0.5, 0.6) is 0 Å². The third kappa shape index (κ3) is 3.42. The lowest BCUT2D eigenvalue weighted by Crippen LogP contribution is -2.05. The van der Waals surface area contributed by atoms with Gasteiger partial charge in [-0.2, -0.15) is 0 Å². The standard InChI is InChI=1S/C11H19N/c1-5-8-9-10(6-2)11(7-3)12-4/h7-9,12H,3,5-6H2,1-2,4H3/b9-8-,11-10+. The van der Waals surface area contributed by atoms with E-state index in [-0.39, 0.29) is 0 Å². The molecule has 0 heterocycles. The fourth-order valence-electron chi connectivity index (χ4n) is 1.05. The molecule has 0 aromatic carbocycles. The largest absolute Gasteiger partial charge is 0.388 e. The van der Waals surface area contributed by atoms with Gasteiger partial charge in [-0.05, 0) is 24.5 Å². The van der Waals surface area contributed by atoms with Crippen LogP contribution < -0.4 is 5.32 Å². The van der Waals surface area contributed by atoms with Crippen LogP contribution in [0.1, 0.15) is 26.7 Å². The smallest absolute Gasteiger partial charge is 0.0363 e. The predicted molar refractivity (Wildman–Crippen MR) is 56.0 cm³/mol. The molecule has 1 heteroatoms. The zero-order valence-corrected chi connectivity index (χ0v) is 8.35. The van der Waals surface area contributed by atoms with Crippen molar-refractivity contribution in [1.29, 1.82) is 0 Å². The number of likely N-dealkylation sites (N-methyl/N-ethyl adjacent to an activating group) is 1. The van der Waals surface area contributed by atoms with E-state index in [0.717, 1.165) is 18.5 Å². The highest BCUT2D eigenvalue weighted by molar-refractivity contribution is 5.30. The number of nitrogens with one attached hydrogen (secondary N) is 1. The molecule has 0 fully saturated rings. The van der Waals surface area contributed by atoms with Gasteiger partial charge in [-0.25, -0.2) is 0 Å². The molecular formula is C11H19N. The zero-order chi connectivity index (χ0) is 9.40. The Morgan fingerprint density at radius 3 is 2.42 bits per heavy atom. The molecule has 0 amide bonds. The summed E-state index contributed by atoms with van der Waals surface area (Å²) < 4.78 is 0. The van der Waals surface area contributed by atoms with E-state index in [2.05, 4.69) is 37.9 Å². The first kappa shape index (κ1) is 11.0. The molecule has 0 aliphatic rings. The van der Waals surface area contributed by atoms with Gasteiger partial charge in [-0.1, -0.05) is 32.6 Å². The molecular weight excluding hydrogens is 146 g/mol. The van der Waals surface area contributed by atoms with Gasteiger partial charge in [0.15, 0.2) is 0 Å². The molecule has 0 radical (unpaired) electrons. The molecule has 0 aliphatic carbocycles. The average molecular weight is 165 g/mol. The first-order valence-electron chi connectivity index (χ1n) is 4.49. The van der Waals surface area contributed by atoms with Crippen LogP contribution in [0.25, 0.3) is 0 Å². The fourth-order valence-corrected chi connectivity index (χ4v) is 1.05. The highest BCUT2D eigenvalue weighted by Gasteiger charge is 1.94. The van der Waals surface area contributed by atoms with Gasteiger partial charge in [-0.3, -0.25) is 0 Å². The Bertz CT molecular complexity index is 187. The average Bonchev–Trinajstić information content (AvgIpc) is 2.12. The van der Waals surface area contributed by atoms with Crippen molar-refractivity contribution in [1.82, 2.24) is 5.32 Å². The first-order chi connectivity index (χ1) is 5.79. The lowest BCUT2D eigenvalue weighted by molar-refractivity contribution is 0.976. The van der Waals surface area contributed by atoms with Gasteiger partial charge in [0.25, 0.3) is 0 Å². The van der Waals surface area contributed by atoms with E-state index in [9.17, 15) is 0 Å². The minimum atomic E-state index is 1.04. The van der Waals surface area contributed by atoms with Crippen molar-refractivity contribution in [3.8, 4) is 0 Å². The third-order valence-corrected chi connectivity index (χ3v) is 1.76. The summed E-state index contributed by atoms with van der Waals surface area (Å²) in [6, 6.07) is 0. The minimum absolute atomic E-state index is 1.04. The molecule has 0 aliphatic heterocycles. The monoisotopic (exact) mass is 165 g/mol. The Kier molecular flexibility index (Phi) is 6.16. The second-order valence-corrected chi connectivity index (χ2v) is 2.56. The highest BCUT2D eigenvalue weighted by atomic mass is 14.8. The summed E-state index contributed by atoms with van der Waals surface area (Å²) in [5, 5.41) is 3.12. The summed E-state index contributed by atoms with van der Waals surface area (Å²) in [5.74, 6) is 0. The maximum atomic E-state index is 3.75. The van der Waals surface area contributed by atoms with E-state index in [1.165, 1.54) is 5.57 Å². The van der Waals surface area contributed by atoms with Gasteiger partial charge in [0, 0.05) is 12.7 Å². The fraction of sp³-hybridized carbons (Fsp3) is 0.455. The van der Waals surface area contributed by atoms with Crippen molar-refractivity contribution in [2.24, 2.45) is 0 Å². The molecule has 68 valence electrons. The molecule has 0 spiro atoms. The molecule has 12 heavy (non-hydrogen) atoms. The van der Waals surface area contributed by atoms with Crippen LogP contribution in [0.15, 0.2) is 36.1 Å². The summed E-state index contributed by atoms with van der Waals surface area (Å²) in [6.07, 6.45) is 8.31. The summed E-state index contributed by atoms with van der Waals surface area (Å²) in [7, 11) is 1.92. The van der Waals surface area contributed by atoms with Crippen LogP contribution in [0, 0.1) is 0 Å². The van der Waals surface area contributed by atoms with E-state index in [0.29, 0.717) is 0 Å². The molecule has 0 bridgehead atoms. The van der Waals surface area contributed by atoms with Crippen LogP contribution in [0.2, 0.25) is 0 Å². The molecule has 0 aromatic heterocycles. The lowest BCUT2D eigenvalue weighted by Gasteiger charge is -2.05. The Balaban J connectivity index is 4.57. The van der Waals surface area contributed by atoms with E-state index < -0.39 is 0 Å². The third-order valence-electron chi connectivity index (χ3n) is 1.76. The summed E-state index contributed by atoms with van der Waals surface area (Å²) in [4.78, 5) is 0. The first-order valence-corrected chi connectivity index (χ1v) is 4.49. The van der Waals surface area contributed by atoms with Crippen LogP contribution in [0.4, 0.5) is 0 Å². The van der Waals surface area contributed by atoms with Crippen molar-refractivity contribution in [3.63, 3.8) is 0 Å². The molecule has 0 saturated heterocycles. The molecule has 0 unspecified atom stereocenters. The summed E-state index contributed by atoms with van der Waals surface area (Å²) in [6.45, 7) is 8.04. The predicted octanol–water partition coefficient (Wildman–Crippen LogP) is 3.02. The Morgan fingerprint density at radius 2 is 2.08 bits per heavy atom. The minimum Gasteiger partial charge on any atom is -0.388 e.